The highest BCUT2D eigenvalue weighted by molar-refractivity contribution is 6.00. The molecule has 2 atom stereocenters. The van der Waals surface area contributed by atoms with E-state index >= 15 is 0 Å². The number of hydrogen-bond acceptors (Lipinski definition) is 6. The molecule has 2 aliphatic rings. The third-order valence-electron chi connectivity index (χ3n) is 6.59. The second kappa shape index (κ2) is 7.93. The van der Waals surface area contributed by atoms with E-state index in [0.717, 1.165) is 41.9 Å². The van der Waals surface area contributed by atoms with Gasteiger partial charge in [-0.1, -0.05) is 0 Å². The van der Waals surface area contributed by atoms with Crippen molar-refractivity contribution in [3.63, 3.8) is 0 Å². The van der Waals surface area contributed by atoms with Crippen LogP contribution in [0.4, 0.5) is 0 Å². The number of methoxy groups -OCH3 is 2. The Morgan fingerprint density at radius 1 is 1.12 bits per heavy atom. The lowest BCUT2D eigenvalue weighted by molar-refractivity contribution is -0.134. The molecule has 5 rings (SSSR count). The van der Waals surface area contributed by atoms with Gasteiger partial charge in [0.05, 0.1) is 37.2 Å². The summed E-state index contributed by atoms with van der Waals surface area (Å²) in [7, 11) is 3.08. The minimum atomic E-state index is -0.130. The van der Waals surface area contributed by atoms with Crippen LogP contribution >= 0.6 is 0 Å². The van der Waals surface area contributed by atoms with E-state index in [1.54, 1.807) is 25.3 Å². The van der Waals surface area contributed by atoms with Crippen molar-refractivity contribution in [2.24, 2.45) is 0 Å². The molecule has 0 N–H and O–H groups in total. The van der Waals surface area contributed by atoms with Crippen LogP contribution in [0.15, 0.2) is 30.5 Å². The third kappa shape index (κ3) is 3.30. The summed E-state index contributed by atoms with van der Waals surface area (Å²) in [6.45, 7) is 1.96. The van der Waals surface area contributed by atoms with Crippen molar-refractivity contribution in [1.82, 2.24) is 19.5 Å². The summed E-state index contributed by atoms with van der Waals surface area (Å²) in [5.41, 5.74) is 4.44. The van der Waals surface area contributed by atoms with Gasteiger partial charge in [0, 0.05) is 43.1 Å². The Hall–Kier alpha value is -3.42. The monoisotopic (exact) mass is 434 g/mol. The largest absolute Gasteiger partial charge is 0.497 e. The number of Topliss-reactive ketones (excluding diaryl/α,β-unsaturated/α-hetero) is 1. The molecule has 0 saturated carbocycles. The molecule has 0 spiro atoms. The first-order valence-corrected chi connectivity index (χ1v) is 10.9. The standard InChI is InChI=1S/C24H26N4O4/c1-14-10-23-25-13-18-19-6-4-15(11-20(18)28(23)26-14)27(19)24(30)9-7-21(29)17-12-16(31-2)5-8-22(17)32-3/h5,8,10,12-13,15,19H,4,6-7,9,11H2,1-3H3. The Bertz CT molecular complexity index is 1220. The molecule has 0 aliphatic carbocycles. The molecule has 4 heterocycles. The van der Waals surface area contributed by atoms with Gasteiger partial charge in [-0.15, -0.1) is 0 Å². The summed E-state index contributed by atoms with van der Waals surface area (Å²) in [6, 6.07) is 7.22. The lowest BCUT2D eigenvalue weighted by atomic mass is 9.98. The molecule has 2 aliphatic heterocycles. The number of nitrogens with zero attached hydrogens (tertiary/aromatic N) is 4. The summed E-state index contributed by atoms with van der Waals surface area (Å²) in [5, 5.41) is 4.60. The molecule has 8 heteroatoms. The fourth-order valence-corrected chi connectivity index (χ4v) is 5.10. The molecule has 2 aromatic heterocycles. The minimum Gasteiger partial charge on any atom is -0.497 e. The van der Waals surface area contributed by atoms with Crippen LogP contribution in [0.3, 0.4) is 0 Å². The van der Waals surface area contributed by atoms with Gasteiger partial charge in [0.15, 0.2) is 11.4 Å². The molecule has 1 saturated heterocycles. The summed E-state index contributed by atoms with van der Waals surface area (Å²) in [4.78, 5) is 32.6. The Morgan fingerprint density at radius 3 is 2.75 bits per heavy atom. The second-order valence-electron chi connectivity index (χ2n) is 8.46. The van der Waals surface area contributed by atoms with Gasteiger partial charge in [0.2, 0.25) is 5.91 Å². The van der Waals surface area contributed by atoms with E-state index in [-0.39, 0.29) is 36.6 Å². The number of fused-ring (bicyclic) bond motifs is 6. The quantitative estimate of drug-likeness (QED) is 0.554. The average molecular weight is 434 g/mol. The fourth-order valence-electron chi connectivity index (χ4n) is 5.10. The molecule has 0 radical (unpaired) electrons. The average Bonchev–Trinajstić information content (AvgIpc) is 3.35. The molecule has 2 bridgehead atoms. The fraction of sp³-hybridized carbons (Fsp3) is 0.417. The van der Waals surface area contributed by atoms with Gasteiger partial charge in [-0.05, 0) is 38.0 Å². The number of rotatable bonds is 6. The van der Waals surface area contributed by atoms with Gasteiger partial charge in [-0.25, -0.2) is 9.50 Å². The van der Waals surface area contributed by atoms with E-state index in [9.17, 15) is 9.59 Å². The lowest BCUT2D eigenvalue weighted by Crippen LogP contribution is -2.42. The number of benzene rings is 1. The maximum atomic E-state index is 13.2. The molecule has 1 aromatic carbocycles. The van der Waals surface area contributed by atoms with Crippen molar-refractivity contribution in [3.05, 3.63) is 53.0 Å². The zero-order chi connectivity index (χ0) is 22.4. The van der Waals surface area contributed by atoms with Crippen molar-refractivity contribution in [1.29, 1.82) is 0 Å². The highest BCUT2D eigenvalue weighted by Gasteiger charge is 2.43. The smallest absolute Gasteiger partial charge is 0.223 e. The van der Waals surface area contributed by atoms with Gasteiger partial charge in [0.25, 0.3) is 0 Å². The molecule has 1 amide bonds. The molecule has 3 aromatic rings. The Morgan fingerprint density at radius 2 is 1.97 bits per heavy atom. The normalized spacial score (nSPS) is 19.2. The van der Waals surface area contributed by atoms with Crippen molar-refractivity contribution < 1.29 is 19.1 Å². The maximum absolute atomic E-state index is 13.2. The molecular weight excluding hydrogens is 408 g/mol. The summed E-state index contributed by atoms with van der Waals surface area (Å²) in [6.07, 6.45) is 4.80. The van der Waals surface area contributed by atoms with Crippen molar-refractivity contribution in [2.75, 3.05) is 14.2 Å². The maximum Gasteiger partial charge on any atom is 0.223 e. The molecule has 8 nitrogen and oxygen atoms in total. The number of aromatic nitrogens is 3. The van der Waals surface area contributed by atoms with E-state index in [1.807, 2.05) is 28.6 Å². The first-order valence-electron chi connectivity index (χ1n) is 10.9. The summed E-state index contributed by atoms with van der Waals surface area (Å²) < 4.78 is 12.5. The van der Waals surface area contributed by atoms with Crippen LogP contribution in [0.1, 0.15) is 59.0 Å². The van der Waals surface area contributed by atoms with Crippen LogP contribution in [-0.4, -0.2) is 51.4 Å². The Balaban J connectivity index is 1.34. The molecule has 1 fully saturated rings. The topological polar surface area (TPSA) is 86.0 Å². The number of hydrogen-bond donors (Lipinski definition) is 0. The first kappa shape index (κ1) is 20.5. The van der Waals surface area contributed by atoms with Crippen LogP contribution in [0, 0.1) is 6.92 Å². The number of ketones is 1. The van der Waals surface area contributed by atoms with Crippen LogP contribution in [0.25, 0.3) is 5.65 Å². The zero-order valence-corrected chi connectivity index (χ0v) is 18.5. The van der Waals surface area contributed by atoms with Crippen LogP contribution < -0.4 is 9.47 Å². The van der Waals surface area contributed by atoms with E-state index < -0.39 is 0 Å². The van der Waals surface area contributed by atoms with Crippen LogP contribution in [-0.2, 0) is 11.2 Å². The number of carbonyl (C=O) groups excluding carboxylic acids is 2. The predicted octanol–water partition coefficient (Wildman–Crippen LogP) is 3.31. The van der Waals surface area contributed by atoms with Gasteiger partial charge < -0.3 is 14.4 Å². The molecular formula is C24H26N4O4. The Kier molecular flexibility index (Phi) is 5.07. The van der Waals surface area contributed by atoms with Gasteiger partial charge in [-0.3, -0.25) is 9.59 Å². The van der Waals surface area contributed by atoms with Gasteiger partial charge >= 0.3 is 0 Å². The molecule has 32 heavy (non-hydrogen) atoms. The lowest BCUT2D eigenvalue weighted by Gasteiger charge is -2.36. The highest BCUT2D eigenvalue weighted by Crippen LogP contribution is 2.44. The number of amides is 1. The zero-order valence-electron chi connectivity index (χ0n) is 18.5. The molecule has 2 unspecified atom stereocenters. The van der Waals surface area contributed by atoms with E-state index in [4.69, 9.17) is 9.47 Å². The van der Waals surface area contributed by atoms with Gasteiger partial charge in [0.1, 0.15) is 11.5 Å². The van der Waals surface area contributed by atoms with Crippen molar-refractivity contribution in [3.8, 4) is 11.5 Å². The van der Waals surface area contributed by atoms with Crippen LogP contribution in [0.5, 0.6) is 11.5 Å². The summed E-state index contributed by atoms with van der Waals surface area (Å²) in [5.74, 6) is 0.947. The van der Waals surface area contributed by atoms with Crippen molar-refractivity contribution >= 4 is 17.3 Å². The predicted molar refractivity (Wildman–Crippen MR) is 117 cm³/mol. The van der Waals surface area contributed by atoms with E-state index in [1.165, 1.54) is 7.11 Å². The van der Waals surface area contributed by atoms with E-state index in [2.05, 4.69) is 10.1 Å². The second-order valence-corrected chi connectivity index (χ2v) is 8.46. The minimum absolute atomic E-state index is 0.000821. The highest BCUT2D eigenvalue weighted by atomic mass is 16.5. The van der Waals surface area contributed by atoms with E-state index in [0.29, 0.717) is 17.1 Å². The van der Waals surface area contributed by atoms with Crippen LogP contribution in [0.2, 0.25) is 0 Å². The van der Waals surface area contributed by atoms with Gasteiger partial charge in [-0.2, -0.15) is 5.10 Å². The SMILES string of the molecule is COc1ccc(OC)c(C(=O)CCC(=O)N2C3CCC2c2cnc4cc(C)nn4c2C3)c1. The third-order valence-corrected chi connectivity index (χ3v) is 6.59. The van der Waals surface area contributed by atoms with Crippen molar-refractivity contribution in [2.45, 2.75) is 51.1 Å². The Labute approximate surface area is 186 Å². The number of aryl methyl sites for hydroxylation is 1. The molecule has 166 valence electrons. The number of ether oxygens (including phenoxy) is 2. The summed E-state index contributed by atoms with van der Waals surface area (Å²) >= 11 is 0. The number of carbonyl (C=O) groups is 2. The first-order chi connectivity index (χ1) is 15.5.